The van der Waals surface area contributed by atoms with E-state index in [2.05, 4.69) is 16.6 Å². The fourth-order valence-electron chi connectivity index (χ4n) is 2.42. The zero-order valence-electron chi connectivity index (χ0n) is 11.4. The van der Waals surface area contributed by atoms with E-state index in [1.165, 1.54) is 12.8 Å². The molecule has 1 aliphatic rings. The molecule has 0 aliphatic heterocycles. The quantitative estimate of drug-likeness (QED) is 0.825. The van der Waals surface area contributed by atoms with Crippen LogP contribution in [0.3, 0.4) is 0 Å². The van der Waals surface area contributed by atoms with Gasteiger partial charge in [0.15, 0.2) is 0 Å². The van der Waals surface area contributed by atoms with Gasteiger partial charge in [0.2, 0.25) is 10.0 Å². The Labute approximate surface area is 120 Å². The Kier molecular flexibility index (Phi) is 5.18. The standard InChI is InChI=1S/C15H20N2O2S/c16-10-4-8-13-7-3-9-15(11-13)20(18,19)17-12-14-5-1-2-6-14/h3,7,9,11,14,17H,1-2,5-6,10,12,16H2. The second-order valence-electron chi connectivity index (χ2n) is 5.04. The zero-order valence-corrected chi connectivity index (χ0v) is 12.2. The summed E-state index contributed by atoms with van der Waals surface area (Å²) >= 11 is 0. The van der Waals surface area contributed by atoms with Crippen molar-refractivity contribution >= 4 is 10.0 Å². The highest BCUT2D eigenvalue weighted by Crippen LogP contribution is 2.24. The second kappa shape index (κ2) is 6.89. The summed E-state index contributed by atoms with van der Waals surface area (Å²) in [4.78, 5) is 0.263. The molecule has 0 unspecified atom stereocenters. The zero-order chi connectivity index (χ0) is 14.4. The first kappa shape index (κ1) is 15.0. The van der Waals surface area contributed by atoms with Gasteiger partial charge in [-0.1, -0.05) is 30.7 Å². The molecule has 0 spiro atoms. The largest absolute Gasteiger partial charge is 0.320 e. The number of rotatable bonds is 4. The van der Waals surface area contributed by atoms with E-state index in [1.807, 2.05) is 0 Å². The van der Waals surface area contributed by atoms with Crippen LogP contribution in [0.1, 0.15) is 31.2 Å². The van der Waals surface area contributed by atoms with Crippen LogP contribution in [0.5, 0.6) is 0 Å². The minimum absolute atomic E-state index is 0.261. The van der Waals surface area contributed by atoms with Gasteiger partial charge in [-0.3, -0.25) is 0 Å². The Bertz CT molecular complexity index is 608. The maximum Gasteiger partial charge on any atom is 0.240 e. The van der Waals surface area contributed by atoms with Crippen molar-refractivity contribution in [2.24, 2.45) is 11.7 Å². The molecule has 1 fully saturated rings. The Hall–Kier alpha value is -1.35. The maximum atomic E-state index is 12.2. The predicted octanol–water partition coefficient (Wildman–Crippen LogP) is 1.47. The molecule has 3 N–H and O–H groups in total. The minimum Gasteiger partial charge on any atom is -0.320 e. The van der Waals surface area contributed by atoms with E-state index in [9.17, 15) is 8.42 Å². The number of sulfonamides is 1. The number of nitrogens with two attached hydrogens (primary N) is 1. The summed E-state index contributed by atoms with van der Waals surface area (Å²) in [6.07, 6.45) is 4.64. The van der Waals surface area contributed by atoms with Gasteiger partial charge < -0.3 is 5.73 Å². The van der Waals surface area contributed by atoms with E-state index in [0.717, 1.165) is 12.8 Å². The molecule has 0 bridgehead atoms. The van der Waals surface area contributed by atoms with E-state index >= 15 is 0 Å². The third-order valence-corrected chi connectivity index (χ3v) is 4.94. The molecule has 4 nitrogen and oxygen atoms in total. The average molecular weight is 292 g/mol. The fraction of sp³-hybridized carbons (Fsp3) is 0.467. The van der Waals surface area contributed by atoms with Crippen LogP contribution in [-0.2, 0) is 10.0 Å². The Morgan fingerprint density at radius 2 is 2.05 bits per heavy atom. The van der Waals surface area contributed by atoms with Crippen molar-refractivity contribution < 1.29 is 8.42 Å². The molecule has 0 radical (unpaired) electrons. The van der Waals surface area contributed by atoms with E-state index in [1.54, 1.807) is 24.3 Å². The van der Waals surface area contributed by atoms with Crippen LogP contribution in [0.4, 0.5) is 0 Å². The molecule has 0 saturated heterocycles. The number of nitrogens with one attached hydrogen (secondary N) is 1. The van der Waals surface area contributed by atoms with Crippen LogP contribution in [0.25, 0.3) is 0 Å². The summed E-state index contributed by atoms with van der Waals surface area (Å²) in [5.41, 5.74) is 5.98. The molecule has 1 saturated carbocycles. The van der Waals surface area contributed by atoms with Crippen LogP contribution in [-0.4, -0.2) is 21.5 Å². The van der Waals surface area contributed by atoms with Gasteiger partial charge in [-0.15, -0.1) is 0 Å². The minimum atomic E-state index is -3.44. The Balaban J connectivity index is 2.08. The van der Waals surface area contributed by atoms with Crippen LogP contribution in [0.15, 0.2) is 29.2 Å². The monoisotopic (exact) mass is 292 g/mol. The Morgan fingerprint density at radius 1 is 1.30 bits per heavy atom. The number of hydrogen-bond donors (Lipinski definition) is 2. The van der Waals surface area contributed by atoms with Gasteiger partial charge in [0.1, 0.15) is 0 Å². The van der Waals surface area contributed by atoms with Crippen LogP contribution < -0.4 is 10.5 Å². The van der Waals surface area contributed by atoms with Crippen LogP contribution >= 0.6 is 0 Å². The van der Waals surface area contributed by atoms with Gasteiger partial charge in [0, 0.05) is 12.1 Å². The van der Waals surface area contributed by atoms with Crippen LogP contribution in [0.2, 0.25) is 0 Å². The number of hydrogen-bond acceptors (Lipinski definition) is 3. The van der Waals surface area contributed by atoms with Gasteiger partial charge in [0.05, 0.1) is 11.4 Å². The van der Waals surface area contributed by atoms with Gasteiger partial charge in [-0.05, 0) is 37.0 Å². The normalized spacial score (nSPS) is 15.8. The summed E-state index contributed by atoms with van der Waals surface area (Å²) in [6.45, 7) is 0.790. The topological polar surface area (TPSA) is 72.2 Å². The molecule has 0 amide bonds. The first-order valence-corrected chi connectivity index (χ1v) is 8.39. The lowest BCUT2D eigenvalue weighted by Gasteiger charge is -2.11. The summed E-state index contributed by atoms with van der Waals surface area (Å²) in [5, 5.41) is 0. The van der Waals surface area contributed by atoms with Crippen molar-refractivity contribution in [3.63, 3.8) is 0 Å². The van der Waals surface area contributed by atoms with Gasteiger partial charge >= 0.3 is 0 Å². The van der Waals surface area contributed by atoms with Crippen molar-refractivity contribution in [3.8, 4) is 11.8 Å². The summed E-state index contributed by atoms with van der Waals surface area (Å²) < 4.78 is 27.2. The van der Waals surface area contributed by atoms with E-state index in [0.29, 0.717) is 18.0 Å². The summed E-state index contributed by atoms with van der Waals surface area (Å²) in [7, 11) is -3.44. The highest BCUT2D eigenvalue weighted by molar-refractivity contribution is 7.89. The highest BCUT2D eigenvalue weighted by Gasteiger charge is 2.19. The van der Waals surface area contributed by atoms with Crippen molar-refractivity contribution in [1.29, 1.82) is 0 Å². The summed E-state index contributed by atoms with van der Waals surface area (Å²) in [6, 6.07) is 6.65. The van der Waals surface area contributed by atoms with Gasteiger partial charge in [-0.2, -0.15) is 0 Å². The maximum absolute atomic E-state index is 12.2. The molecule has 1 aromatic carbocycles. The molecule has 108 valence electrons. The van der Waals surface area contributed by atoms with E-state index in [-0.39, 0.29) is 11.4 Å². The molecule has 2 rings (SSSR count). The van der Waals surface area contributed by atoms with Crippen molar-refractivity contribution in [1.82, 2.24) is 4.72 Å². The average Bonchev–Trinajstić information content (AvgIpc) is 2.97. The van der Waals surface area contributed by atoms with Crippen molar-refractivity contribution in [2.75, 3.05) is 13.1 Å². The van der Waals surface area contributed by atoms with Crippen LogP contribution in [0, 0.1) is 17.8 Å². The van der Waals surface area contributed by atoms with Crippen molar-refractivity contribution in [2.45, 2.75) is 30.6 Å². The molecule has 0 atom stereocenters. The first-order valence-electron chi connectivity index (χ1n) is 6.90. The van der Waals surface area contributed by atoms with Gasteiger partial charge in [0.25, 0.3) is 0 Å². The molecule has 5 heteroatoms. The third kappa shape index (κ3) is 4.07. The van der Waals surface area contributed by atoms with E-state index < -0.39 is 10.0 Å². The lowest BCUT2D eigenvalue weighted by Crippen LogP contribution is -2.28. The van der Waals surface area contributed by atoms with Crippen molar-refractivity contribution in [3.05, 3.63) is 29.8 Å². The first-order chi connectivity index (χ1) is 9.62. The van der Waals surface area contributed by atoms with E-state index in [4.69, 9.17) is 5.73 Å². The SMILES string of the molecule is NCC#Cc1cccc(S(=O)(=O)NCC2CCCC2)c1. The molecule has 20 heavy (non-hydrogen) atoms. The molecule has 0 aromatic heterocycles. The Morgan fingerprint density at radius 3 is 2.75 bits per heavy atom. The van der Waals surface area contributed by atoms with Gasteiger partial charge in [-0.25, -0.2) is 13.1 Å². The third-order valence-electron chi connectivity index (χ3n) is 3.52. The molecule has 1 aromatic rings. The molecular formula is C15H20N2O2S. The smallest absolute Gasteiger partial charge is 0.240 e. The molecule has 0 heterocycles. The highest BCUT2D eigenvalue weighted by atomic mass is 32.2. The molecular weight excluding hydrogens is 272 g/mol. The molecule has 1 aliphatic carbocycles. The number of benzene rings is 1. The predicted molar refractivity (Wildman–Crippen MR) is 79.5 cm³/mol. The lowest BCUT2D eigenvalue weighted by molar-refractivity contribution is 0.519. The lowest BCUT2D eigenvalue weighted by atomic mass is 10.1. The second-order valence-corrected chi connectivity index (χ2v) is 6.80. The summed E-state index contributed by atoms with van der Waals surface area (Å²) in [5.74, 6) is 6.05. The fourth-order valence-corrected chi connectivity index (χ4v) is 3.58.